The number of hydrogen-bond acceptors (Lipinski definition) is 8. The van der Waals surface area contributed by atoms with Crippen molar-refractivity contribution in [3.05, 3.63) is 42.1 Å². The molecule has 0 aromatic carbocycles. The number of nitrogens with zero attached hydrogens (tertiary/aromatic N) is 7. The van der Waals surface area contributed by atoms with E-state index in [0.29, 0.717) is 35.3 Å². The third-order valence-electron chi connectivity index (χ3n) is 4.96. The molecule has 0 atom stereocenters. The lowest BCUT2D eigenvalue weighted by Crippen LogP contribution is -2.19. The first-order valence-electron chi connectivity index (χ1n) is 10.4. The standard InChI is InChI=1S/C22H25N9O/c1-13(2)27-17-7-18(20-14(8-23)9-25-21-16(20)10-26-29-21)24-11-19(17)31-12-15(28-30-31)5-6-22(3,4)32/h7,9-13,32H,5-6H2,1-4H3,(H,24,27)(H,25,26,29). The number of nitriles is 1. The SMILES string of the molecule is CC(C)Nc1cc(-c2c(C#N)cnc3[nH]ncc23)ncc1-n1cc(CCC(C)(C)O)nn1. The van der Waals surface area contributed by atoms with Crippen molar-refractivity contribution in [2.45, 2.75) is 52.2 Å². The first-order chi connectivity index (χ1) is 15.2. The number of pyridine rings is 2. The van der Waals surface area contributed by atoms with Gasteiger partial charge < -0.3 is 10.4 Å². The van der Waals surface area contributed by atoms with Crippen LogP contribution in [0.1, 0.15) is 45.4 Å². The zero-order chi connectivity index (χ0) is 22.9. The summed E-state index contributed by atoms with van der Waals surface area (Å²) in [5.41, 5.74) is 3.88. The van der Waals surface area contributed by atoms with Crippen molar-refractivity contribution in [2.75, 3.05) is 5.32 Å². The van der Waals surface area contributed by atoms with E-state index in [1.165, 1.54) is 6.20 Å². The number of aromatic amines is 1. The molecular weight excluding hydrogens is 406 g/mol. The smallest absolute Gasteiger partial charge is 0.155 e. The van der Waals surface area contributed by atoms with E-state index in [0.717, 1.165) is 22.5 Å². The Bertz CT molecular complexity index is 1290. The summed E-state index contributed by atoms with van der Waals surface area (Å²) in [4.78, 5) is 8.88. The highest BCUT2D eigenvalue weighted by molar-refractivity contribution is 5.94. The predicted molar refractivity (Wildman–Crippen MR) is 120 cm³/mol. The van der Waals surface area contributed by atoms with Crippen molar-refractivity contribution >= 4 is 16.7 Å². The fourth-order valence-electron chi connectivity index (χ4n) is 3.42. The Morgan fingerprint density at radius 1 is 1.25 bits per heavy atom. The van der Waals surface area contributed by atoms with Gasteiger partial charge in [-0.3, -0.25) is 10.1 Å². The fraction of sp³-hybridized carbons (Fsp3) is 0.364. The predicted octanol–water partition coefficient (Wildman–Crippen LogP) is 3.00. The Morgan fingerprint density at radius 2 is 2.06 bits per heavy atom. The van der Waals surface area contributed by atoms with Gasteiger partial charge in [-0.05, 0) is 46.6 Å². The minimum absolute atomic E-state index is 0.156. The van der Waals surface area contributed by atoms with Gasteiger partial charge in [0, 0.05) is 23.2 Å². The summed E-state index contributed by atoms with van der Waals surface area (Å²) in [6.07, 6.45) is 7.92. The lowest BCUT2D eigenvalue weighted by atomic mass is 10.0. The first-order valence-corrected chi connectivity index (χ1v) is 10.4. The summed E-state index contributed by atoms with van der Waals surface area (Å²) in [5, 5.41) is 39.2. The van der Waals surface area contributed by atoms with E-state index >= 15 is 0 Å². The number of anilines is 1. The summed E-state index contributed by atoms with van der Waals surface area (Å²) >= 11 is 0. The summed E-state index contributed by atoms with van der Waals surface area (Å²) < 4.78 is 1.67. The minimum Gasteiger partial charge on any atom is -0.390 e. The second-order valence-corrected chi connectivity index (χ2v) is 8.64. The van der Waals surface area contributed by atoms with Gasteiger partial charge in [-0.1, -0.05) is 5.21 Å². The highest BCUT2D eigenvalue weighted by atomic mass is 16.3. The molecular formula is C22H25N9O. The van der Waals surface area contributed by atoms with E-state index in [9.17, 15) is 10.4 Å². The average molecular weight is 432 g/mol. The number of hydrogen-bond donors (Lipinski definition) is 3. The Kier molecular flexibility index (Phi) is 5.59. The number of aryl methyl sites for hydroxylation is 1. The largest absolute Gasteiger partial charge is 0.390 e. The third-order valence-corrected chi connectivity index (χ3v) is 4.96. The third kappa shape index (κ3) is 4.43. The molecule has 0 saturated heterocycles. The van der Waals surface area contributed by atoms with Gasteiger partial charge in [-0.2, -0.15) is 10.4 Å². The maximum absolute atomic E-state index is 9.98. The number of aliphatic hydroxyl groups is 1. The second-order valence-electron chi connectivity index (χ2n) is 8.64. The Morgan fingerprint density at radius 3 is 2.78 bits per heavy atom. The second kappa shape index (κ2) is 8.36. The highest BCUT2D eigenvalue weighted by Crippen LogP contribution is 2.32. The zero-order valence-corrected chi connectivity index (χ0v) is 18.5. The van der Waals surface area contributed by atoms with Crippen molar-refractivity contribution < 1.29 is 5.11 Å². The molecule has 4 heterocycles. The van der Waals surface area contributed by atoms with Gasteiger partial charge in [0.15, 0.2) is 5.65 Å². The number of fused-ring (bicyclic) bond motifs is 1. The maximum Gasteiger partial charge on any atom is 0.155 e. The molecule has 0 aliphatic rings. The Labute approximate surface area is 185 Å². The van der Waals surface area contributed by atoms with Crippen LogP contribution in [0.4, 0.5) is 5.69 Å². The molecule has 0 spiro atoms. The minimum atomic E-state index is -0.765. The van der Waals surface area contributed by atoms with Gasteiger partial charge in [0.05, 0.1) is 46.8 Å². The van der Waals surface area contributed by atoms with Crippen LogP contribution in [-0.4, -0.2) is 51.9 Å². The van der Waals surface area contributed by atoms with Gasteiger partial charge in [0.1, 0.15) is 11.8 Å². The number of rotatable bonds is 7. The molecule has 0 saturated carbocycles. The normalized spacial score (nSPS) is 11.8. The molecule has 4 rings (SSSR count). The zero-order valence-electron chi connectivity index (χ0n) is 18.5. The summed E-state index contributed by atoms with van der Waals surface area (Å²) in [6.45, 7) is 7.63. The molecule has 0 aliphatic carbocycles. The van der Waals surface area contributed by atoms with Gasteiger partial charge >= 0.3 is 0 Å². The fourth-order valence-corrected chi connectivity index (χ4v) is 3.42. The van der Waals surface area contributed by atoms with E-state index in [-0.39, 0.29) is 6.04 Å². The van der Waals surface area contributed by atoms with E-state index in [1.807, 2.05) is 26.1 Å². The molecule has 0 unspecified atom stereocenters. The molecule has 0 aliphatic heterocycles. The molecule has 10 nitrogen and oxygen atoms in total. The Hall–Kier alpha value is -3.84. The van der Waals surface area contributed by atoms with E-state index in [1.54, 1.807) is 30.9 Å². The van der Waals surface area contributed by atoms with Crippen LogP contribution in [0.5, 0.6) is 0 Å². The monoisotopic (exact) mass is 431 g/mol. The molecule has 4 aromatic rings. The lowest BCUT2D eigenvalue weighted by Gasteiger charge is -2.16. The topological polar surface area (TPSA) is 141 Å². The number of H-pyrrole nitrogens is 1. The van der Waals surface area contributed by atoms with Crippen molar-refractivity contribution in [1.29, 1.82) is 5.26 Å². The van der Waals surface area contributed by atoms with E-state index < -0.39 is 5.60 Å². The van der Waals surface area contributed by atoms with Gasteiger partial charge in [0.2, 0.25) is 0 Å². The quantitative estimate of drug-likeness (QED) is 0.405. The van der Waals surface area contributed by atoms with Crippen LogP contribution in [0.15, 0.2) is 30.9 Å². The van der Waals surface area contributed by atoms with Crippen molar-refractivity contribution in [2.24, 2.45) is 0 Å². The molecule has 10 heteroatoms. The van der Waals surface area contributed by atoms with Crippen LogP contribution in [0.2, 0.25) is 0 Å². The van der Waals surface area contributed by atoms with Gasteiger partial charge in [0.25, 0.3) is 0 Å². The van der Waals surface area contributed by atoms with Crippen LogP contribution >= 0.6 is 0 Å². The van der Waals surface area contributed by atoms with Crippen LogP contribution in [-0.2, 0) is 6.42 Å². The molecule has 32 heavy (non-hydrogen) atoms. The van der Waals surface area contributed by atoms with E-state index in [2.05, 4.69) is 41.9 Å². The van der Waals surface area contributed by atoms with Gasteiger partial charge in [-0.15, -0.1) is 5.10 Å². The average Bonchev–Trinajstić information content (AvgIpc) is 3.40. The van der Waals surface area contributed by atoms with Crippen LogP contribution in [0, 0.1) is 11.3 Å². The molecule has 4 aromatic heterocycles. The molecule has 0 amide bonds. The summed E-state index contributed by atoms with van der Waals surface area (Å²) in [7, 11) is 0. The highest BCUT2D eigenvalue weighted by Gasteiger charge is 2.18. The van der Waals surface area contributed by atoms with Gasteiger partial charge in [-0.25, -0.2) is 9.67 Å². The molecule has 0 bridgehead atoms. The van der Waals surface area contributed by atoms with Crippen LogP contribution < -0.4 is 5.32 Å². The summed E-state index contributed by atoms with van der Waals surface area (Å²) in [6, 6.07) is 4.25. The number of aromatic nitrogens is 7. The molecule has 164 valence electrons. The number of nitrogens with one attached hydrogen (secondary N) is 2. The Balaban J connectivity index is 1.77. The summed E-state index contributed by atoms with van der Waals surface area (Å²) in [5.74, 6) is 0. The molecule has 0 radical (unpaired) electrons. The first kappa shape index (κ1) is 21.4. The van der Waals surface area contributed by atoms with E-state index in [4.69, 9.17) is 0 Å². The van der Waals surface area contributed by atoms with Crippen molar-refractivity contribution in [1.82, 2.24) is 35.2 Å². The molecule has 3 N–H and O–H groups in total. The van der Waals surface area contributed by atoms with Crippen LogP contribution in [0.25, 0.3) is 28.0 Å². The van der Waals surface area contributed by atoms with Crippen molar-refractivity contribution in [3.63, 3.8) is 0 Å². The lowest BCUT2D eigenvalue weighted by molar-refractivity contribution is 0.0711. The van der Waals surface area contributed by atoms with Crippen molar-refractivity contribution in [3.8, 4) is 23.0 Å². The molecule has 0 fully saturated rings. The van der Waals surface area contributed by atoms with Crippen LogP contribution in [0.3, 0.4) is 0 Å². The maximum atomic E-state index is 9.98.